The van der Waals surface area contributed by atoms with Crippen LogP contribution >= 0.6 is 22.9 Å². The number of methoxy groups -OCH3 is 2. The van der Waals surface area contributed by atoms with E-state index in [9.17, 15) is 4.79 Å². The highest BCUT2D eigenvalue weighted by Gasteiger charge is 2.17. The number of halogens is 1. The molecule has 2 aromatic heterocycles. The molecule has 142 valence electrons. The van der Waals surface area contributed by atoms with E-state index in [0.717, 1.165) is 10.2 Å². The van der Waals surface area contributed by atoms with Crippen LogP contribution < -0.4 is 14.8 Å². The van der Waals surface area contributed by atoms with Gasteiger partial charge in [0.1, 0.15) is 0 Å². The first kappa shape index (κ1) is 18.3. The van der Waals surface area contributed by atoms with Gasteiger partial charge in [-0.2, -0.15) is 0 Å². The van der Waals surface area contributed by atoms with Crippen molar-refractivity contribution in [2.24, 2.45) is 0 Å². The fraction of sp³-hybridized carbons (Fsp3) is 0.105. The van der Waals surface area contributed by atoms with Gasteiger partial charge in [0, 0.05) is 16.7 Å². The van der Waals surface area contributed by atoms with Gasteiger partial charge in [-0.15, -0.1) is 0 Å². The van der Waals surface area contributed by atoms with Gasteiger partial charge in [-0.05, 0) is 36.4 Å². The van der Waals surface area contributed by atoms with Gasteiger partial charge < -0.3 is 14.0 Å². The van der Waals surface area contributed by atoms with Gasteiger partial charge in [-0.3, -0.25) is 10.1 Å². The minimum atomic E-state index is -0.416. The maximum absolute atomic E-state index is 12.5. The van der Waals surface area contributed by atoms with Crippen molar-refractivity contribution in [3.8, 4) is 22.8 Å². The van der Waals surface area contributed by atoms with E-state index in [0.29, 0.717) is 33.0 Å². The molecule has 0 bridgehead atoms. The van der Waals surface area contributed by atoms with Crippen molar-refractivity contribution in [3.63, 3.8) is 0 Å². The van der Waals surface area contributed by atoms with Crippen LogP contribution in [0, 0.1) is 0 Å². The Morgan fingerprint density at radius 3 is 2.71 bits per heavy atom. The largest absolute Gasteiger partial charge is 0.493 e. The number of benzene rings is 2. The molecule has 28 heavy (non-hydrogen) atoms. The standard InChI is InChI=1S/C19H14ClN3O4S/c1-25-14-6-3-10(7-16(14)26-2)15-9-13(23-27-15)18(24)22-19-21-12-5-4-11(20)8-17(12)28-19/h3-9H,1-2H3,(H,21,22,24). The average molecular weight is 416 g/mol. The van der Waals surface area contributed by atoms with E-state index in [1.54, 1.807) is 56.7 Å². The van der Waals surface area contributed by atoms with Crippen LogP contribution in [0.2, 0.25) is 5.02 Å². The lowest BCUT2D eigenvalue weighted by atomic mass is 10.1. The number of carbonyl (C=O) groups excluding carboxylic acids is 1. The fourth-order valence-electron chi connectivity index (χ4n) is 2.62. The average Bonchev–Trinajstić information content (AvgIpc) is 3.34. The van der Waals surface area contributed by atoms with E-state index in [4.69, 9.17) is 25.6 Å². The molecule has 7 nitrogen and oxygen atoms in total. The van der Waals surface area contributed by atoms with Crippen LogP contribution in [-0.4, -0.2) is 30.3 Å². The molecule has 0 unspecified atom stereocenters. The molecule has 0 saturated carbocycles. The van der Waals surface area contributed by atoms with Gasteiger partial charge in [0.15, 0.2) is 28.1 Å². The van der Waals surface area contributed by atoms with Crippen molar-refractivity contribution in [2.75, 3.05) is 19.5 Å². The number of thiazole rings is 1. The minimum absolute atomic E-state index is 0.141. The van der Waals surface area contributed by atoms with Crippen LogP contribution in [0.1, 0.15) is 10.5 Å². The molecular formula is C19H14ClN3O4S. The molecule has 1 N–H and O–H groups in total. The lowest BCUT2D eigenvalue weighted by Crippen LogP contribution is -2.11. The highest BCUT2D eigenvalue weighted by Crippen LogP contribution is 2.33. The zero-order chi connectivity index (χ0) is 19.7. The molecule has 0 atom stereocenters. The Balaban J connectivity index is 1.55. The number of nitrogens with one attached hydrogen (secondary N) is 1. The van der Waals surface area contributed by atoms with E-state index in [-0.39, 0.29) is 5.69 Å². The topological polar surface area (TPSA) is 86.5 Å². The number of rotatable bonds is 5. The first-order valence-corrected chi connectivity index (χ1v) is 9.33. The van der Waals surface area contributed by atoms with Gasteiger partial charge in [0.25, 0.3) is 5.91 Å². The first-order chi connectivity index (χ1) is 13.6. The number of amides is 1. The third kappa shape index (κ3) is 3.51. The number of ether oxygens (including phenoxy) is 2. The SMILES string of the molecule is COc1ccc(-c2cc(C(=O)Nc3nc4ccc(Cl)cc4s3)no2)cc1OC. The molecule has 0 radical (unpaired) electrons. The molecule has 4 rings (SSSR count). The number of fused-ring (bicyclic) bond motifs is 1. The summed E-state index contributed by atoms with van der Waals surface area (Å²) in [6.07, 6.45) is 0. The highest BCUT2D eigenvalue weighted by molar-refractivity contribution is 7.22. The normalized spacial score (nSPS) is 10.8. The van der Waals surface area contributed by atoms with Crippen molar-refractivity contribution in [3.05, 3.63) is 53.2 Å². The highest BCUT2D eigenvalue weighted by atomic mass is 35.5. The monoisotopic (exact) mass is 415 g/mol. The molecule has 1 amide bonds. The van der Waals surface area contributed by atoms with E-state index < -0.39 is 5.91 Å². The summed E-state index contributed by atoms with van der Waals surface area (Å²) in [5.41, 5.74) is 1.61. The quantitative estimate of drug-likeness (QED) is 0.500. The molecular weight excluding hydrogens is 402 g/mol. The summed E-state index contributed by atoms with van der Waals surface area (Å²) in [6, 6.07) is 12.2. The Hall–Kier alpha value is -3.10. The van der Waals surface area contributed by atoms with Gasteiger partial charge in [-0.25, -0.2) is 4.98 Å². The Kier molecular flexibility index (Phi) is 4.89. The number of hydrogen-bond acceptors (Lipinski definition) is 7. The molecule has 0 aliphatic heterocycles. The summed E-state index contributed by atoms with van der Waals surface area (Å²) in [4.78, 5) is 16.9. The van der Waals surface area contributed by atoms with Crippen LogP contribution in [0.25, 0.3) is 21.5 Å². The number of carbonyl (C=O) groups is 1. The number of nitrogens with zero attached hydrogens (tertiary/aromatic N) is 2. The Morgan fingerprint density at radius 2 is 1.93 bits per heavy atom. The van der Waals surface area contributed by atoms with Crippen molar-refractivity contribution in [1.29, 1.82) is 0 Å². The third-order valence-electron chi connectivity index (χ3n) is 3.98. The Bertz CT molecular complexity index is 1170. The third-order valence-corrected chi connectivity index (χ3v) is 5.15. The smallest absolute Gasteiger partial charge is 0.279 e. The molecule has 0 fully saturated rings. The van der Waals surface area contributed by atoms with Gasteiger partial charge in [0.2, 0.25) is 0 Å². The lowest BCUT2D eigenvalue weighted by Gasteiger charge is -2.07. The van der Waals surface area contributed by atoms with E-state index in [1.807, 2.05) is 0 Å². The maximum atomic E-state index is 12.5. The van der Waals surface area contributed by atoms with Crippen molar-refractivity contribution in [2.45, 2.75) is 0 Å². The second-order valence-corrected chi connectivity index (χ2v) is 7.20. The zero-order valence-electron chi connectivity index (χ0n) is 14.9. The molecule has 0 aliphatic carbocycles. The fourth-order valence-corrected chi connectivity index (χ4v) is 3.76. The second-order valence-electron chi connectivity index (χ2n) is 5.73. The summed E-state index contributed by atoms with van der Waals surface area (Å²) >= 11 is 7.31. The van der Waals surface area contributed by atoms with Gasteiger partial charge >= 0.3 is 0 Å². The Labute approximate surface area is 168 Å². The summed E-state index contributed by atoms with van der Waals surface area (Å²) in [7, 11) is 3.11. The lowest BCUT2D eigenvalue weighted by molar-refractivity contribution is 0.101. The zero-order valence-corrected chi connectivity index (χ0v) is 16.4. The summed E-state index contributed by atoms with van der Waals surface area (Å²) in [6.45, 7) is 0. The van der Waals surface area contributed by atoms with Crippen LogP contribution in [0.4, 0.5) is 5.13 Å². The van der Waals surface area contributed by atoms with Crippen LogP contribution in [0.5, 0.6) is 11.5 Å². The number of anilines is 1. The van der Waals surface area contributed by atoms with Crippen molar-refractivity contribution < 1.29 is 18.8 Å². The van der Waals surface area contributed by atoms with E-state index in [2.05, 4.69) is 15.5 Å². The summed E-state index contributed by atoms with van der Waals surface area (Å²) < 4.78 is 16.7. The minimum Gasteiger partial charge on any atom is -0.493 e. The van der Waals surface area contributed by atoms with Gasteiger partial charge in [0.05, 0.1) is 24.4 Å². The molecule has 0 aliphatic rings. The van der Waals surface area contributed by atoms with Crippen molar-refractivity contribution >= 4 is 44.2 Å². The first-order valence-electron chi connectivity index (χ1n) is 8.14. The van der Waals surface area contributed by atoms with Crippen LogP contribution in [-0.2, 0) is 0 Å². The molecule has 0 saturated heterocycles. The molecule has 9 heteroatoms. The molecule has 4 aromatic rings. The van der Waals surface area contributed by atoms with E-state index in [1.165, 1.54) is 11.3 Å². The van der Waals surface area contributed by atoms with Crippen LogP contribution in [0.15, 0.2) is 47.0 Å². The summed E-state index contributed by atoms with van der Waals surface area (Å²) in [5, 5.41) is 7.65. The van der Waals surface area contributed by atoms with Gasteiger partial charge in [-0.1, -0.05) is 28.1 Å². The molecule has 0 spiro atoms. The summed E-state index contributed by atoms with van der Waals surface area (Å²) in [5.74, 6) is 1.16. The van der Waals surface area contributed by atoms with Crippen molar-refractivity contribution in [1.82, 2.24) is 10.1 Å². The predicted molar refractivity (Wildman–Crippen MR) is 108 cm³/mol. The predicted octanol–water partition coefficient (Wildman–Crippen LogP) is 4.87. The number of aromatic nitrogens is 2. The maximum Gasteiger partial charge on any atom is 0.279 e. The second kappa shape index (κ2) is 7.49. The number of hydrogen-bond donors (Lipinski definition) is 1. The molecule has 2 aromatic carbocycles. The Morgan fingerprint density at radius 1 is 1.11 bits per heavy atom. The van der Waals surface area contributed by atoms with Crippen LogP contribution in [0.3, 0.4) is 0 Å². The van der Waals surface area contributed by atoms with E-state index >= 15 is 0 Å². The molecule has 2 heterocycles.